The summed E-state index contributed by atoms with van der Waals surface area (Å²) in [6.45, 7) is 12.1. The molecule has 3 aliphatic carbocycles. The molecule has 4 fully saturated rings. The van der Waals surface area contributed by atoms with Crippen molar-refractivity contribution in [2.24, 2.45) is 17.3 Å². The van der Waals surface area contributed by atoms with Crippen molar-refractivity contribution in [2.75, 3.05) is 47.7 Å². The second-order valence-electron chi connectivity index (χ2n) is 14.9. The molecular weight excluding hydrogens is 633 g/mol. The third-order valence-corrected chi connectivity index (χ3v) is 10.5. The summed E-state index contributed by atoms with van der Waals surface area (Å²) in [4.78, 5) is 41.1. The molecular formula is C34H52BN5O9. The van der Waals surface area contributed by atoms with Gasteiger partial charge in [-0.25, -0.2) is 9.59 Å². The van der Waals surface area contributed by atoms with E-state index in [0.717, 1.165) is 18.5 Å². The van der Waals surface area contributed by atoms with Crippen LogP contribution in [0, 0.1) is 17.3 Å². The number of methoxy groups -OCH3 is 1. The van der Waals surface area contributed by atoms with Crippen LogP contribution >= 0.6 is 0 Å². The van der Waals surface area contributed by atoms with Gasteiger partial charge in [-0.05, 0) is 89.9 Å². The van der Waals surface area contributed by atoms with Gasteiger partial charge in [-0.3, -0.25) is 9.80 Å². The van der Waals surface area contributed by atoms with Gasteiger partial charge in [-0.15, -0.1) is 5.53 Å². The Bertz CT molecular complexity index is 1440. The van der Waals surface area contributed by atoms with Gasteiger partial charge in [0.1, 0.15) is 17.9 Å². The van der Waals surface area contributed by atoms with Gasteiger partial charge in [0.05, 0.1) is 30.5 Å². The lowest BCUT2D eigenvalue weighted by atomic mass is 9.43. The molecule has 2 aliphatic heterocycles. The van der Waals surface area contributed by atoms with E-state index in [0.29, 0.717) is 30.6 Å². The summed E-state index contributed by atoms with van der Waals surface area (Å²) >= 11 is 0. The van der Waals surface area contributed by atoms with E-state index in [2.05, 4.69) is 37.0 Å². The Morgan fingerprint density at radius 2 is 1.94 bits per heavy atom. The van der Waals surface area contributed by atoms with Crippen LogP contribution in [-0.2, 0) is 39.5 Å². The summed E-state index contributed by atoms with van der Waals surface area (Å²) in [6.07, 6.45) is 4.00. The van der Waals surface area contributed by atoms with E-state index < -0.39 is 43.0 Å². The van der Waals surface area contributed by atoms with E-state index in [1.807, 2.05) is 31.3 Å². The molecule has 49 heavy (non-hydrogen) atoms. The molecule has 1 amide bonds. The first kappa shape index (κ1) is 36.9. The van der Waals surface area contributed by atoms with Gasteiger partial charge in [-0.2, -0.15) is 0 Å². The van der Waals surface area contributed by atoms with E-state index in [1.54, 1.807) is 37.9 Å². The van der Waals surface area contributed by atoms with Gasteiger partial charge in [0.15, 0.2) is 5.60 Å². The summed E-state index contributed by atoms with van der Waals surface area (Å²) in [5.74, 6) is -1.07. The largest absolute Gasteiger partial charge is 0.496 e. The highest BCUT2D eigenvalue weighted by Gasteiger charge is 2.68. The van der Waals surface area contributed by atoms with Crippen LogP contribution in [0.5, 0.6) is 5.75 Å². The number of hydrogen-bond acceptors (Lipinski definition) is 13. The molecule has 0 radical (unpaired) electrons. The Morgan fingerprint density at radius 1 is 1.18 bits per heavy atom. The van der Waals surface area contributed by atoms with Crippen molar-refractivity contribution >= 4 is 25.0 Å². The molecule has 0 spiro atoms. The van der Waals surface area contributed by atoms with Crippen LogP contribution < -0.4 is 21.0 Å². The quantitative estimate of drug-likeness (QED) is 0.141. The third-order valence-electron chi connectivity index (χ3n) is 10.5. The highest BCUT2D eigenvalue weighted by Crippen LogP contribution is 2.65. The SMILES string of the molecule is CCOC(C)(C)C(=O)OCOC(=O)c1cccc(C[C@H](NC(=O)CN2C=C(CN(C)C)NN2)B2O[C@@H]3C[C@@H]4C[C@@H](C4(C)C)[C@]3(C)O2)c1OC. The Hall–Kier alpha value is -3.37. The molecule has 5 aliphatic rings. The molecule has 6 rings (SSSR count). The summed E-state index contributed by atoms with van der Waals surface area (Å²) in [5.41, 5.74) is 6.29. The van der Waals surface area contributed by atoms with Gasteiger partial charge in [0.25, 0.3) is 0 Å². The number of esters is 2. The van der Waals surface area contributed by atoms with Crippen LogP contribution in [0.3, 0.4) is 0 Å². The Morgan fingerprint density at radius 3 is 2.61 bits per heavy atom. The Labute approximate surface area is 289 Å². The van der Waals surface area contributed by atoms with Crippen molar-refractivity contribution < 1.29 is 42.6 Å². The highest BCUT2D eigenvalue weighted by atomic mass is 16.7. The standard InChI is InChI=1S/C34H52BN5O9/c1-10-47-33(4,5)31(43)46-20-45-30(42)24-13-11-12-21(29(24)44-9)14-27(36-28(41)19-40-18-23(37-38-40)17-39(7)8)35-48-26-16-22-15-25(32(22,2)3)34(26,6)49-35/h11-13,18,22,25-27,37-38H,10,14-17,19-20H2,1-9H3,(H,36,41)/t22-,25-,26+,27-,34-/m0/s1. The summed E-state index contributed by atoms with van der Waals surface area (Å²) in [5, 5.41) is 4.84. The molecule has 14 nitrogen and oxygen atoms in total. The number of para-hydroxylation sites is 1. The third kappa shape index (κ3) is 7.70. The lowest BCUT2D eigenvalue weighted by Gasteiger charge is -2.64. The van der Waals surface area contributed by atoms with Crippen molar-refractivity contribution in [3.05, 3.63) is 41.2 Å². The monoisotopic (exact) mass is 685 g/mol. The van der Waals surface area contributed by atoms with Crippen molar-refractivity contribution in [2.45, 2.75) is 84.1 Å². The number of rotatable bonds is 15. The molecule has 2 heterocycles. The highest BCUT2D eigenvalue weighted by molar-refractivity contribution is 6.48. The molecule has 1 saturated heterocycles. The number of carbonyl (C=O) groups is 3. The number of hydrogen-bond donors (Lipinski definition) is 3. The van der Waals surface area contributed by atoms with Crippen LogP contribution in [0.2, 0.25) is 0 Å². The second kappa shape index (κ2) is 14.5. The van der Waals surface area contributed by atoms with Gasteiger partial charge < -0.3 is 43.9 Å². The van der Waals surface area contributed by atoms with E-state index in [-0.39, 0.29) is 41.7 Å². The fraction of sp³-hybridized carbons (Fsp3) is 0.676. The first-order chi connectivity index (χ1) is 23.1. The number of nitrogens with zero attached hydrogens (tertiary/aromatic N) is 2. The Balaban J connectivity index is 1.32. The van der Waals surface area contributed by atoms with Gasteiger partial charge in [-0.1, -0.05) is 26.0 Å². The number of benzene rings is 1. The lowest BCUT2D eigenvalue weighted by Crippen LogP contribution is -2.65. The molecule has 1 aromatic rings. The zero-order valence-electron chi connectivity index (χ0n) is 30.2. The molecule has 2 bridgehead atoms. The number of hydrazine groups is 2. The van der Waals surface area contributed by atoms with E-state index in [9.17, 15) is 14.4 Å². The van der Waals surface area contributed by atoms with Gasteiger partial charge >= 0.3 is 19.1 Å². The zero-order valence-corrected chi connectivity index (χ0v) is 30.2. The average Bonchev–Trinajstić information content (AvgIpc) is 3.62. The minimum Gasteiger partial charge on any atom is -0.496 e. The number of nitrogens with one attached hydrogen (secondary N) is 3. The number of likely N-dealkylation sites (N-methyl/N-ethyl adjacent to an activating group) is 1. The number of amides is 1. The van der Waals surface area contributed by atoms with Gasteiger partial charge in [0, 0.05) is 19.4 Å². The molecule has 3 N–H and O–H groups in total. The summed E-state index contributed by atoms with van der Waals surface area (Å²) < 4.78 is 35.0. The van der Waals surface area contributed by atoms with Crippen LogP contribution in [0.25, 0.3) is 0 Å². The van der Waals surface area contributed by atoms with Crippen LogP contribution in [-0.4, -0.2) is 106 Å². The predicted octanol–water partition coefficient (Wildman–Crippen LogP) is 2.19. The van der Waals surface area contributed by atoms with Crippen LogP contribution in [0.4, 0.5) is 0 Å². The predicted molar refractivity (Wildman–Crippen MR) is 180 cm³/mol. The second-order valence-corrected chi connectivity index (χ2v) is 14.9. The number of carbonyl (C=O) groups excluding carboxylic acids is 3. The molecule has 3 saturated carbocycles. The minimum atomic E-state index is -1.18. The summed E-state index contributed by atoms with van der Waals surface area (Å²) in [6, 6.07) is 5.11. The van der Waals surface area contributed by atoms with Gasteiger partial charge in [0.2, 0.25) is 12.7 Å². The maximum Gasteiger partial charge on any atom is 0.482 e. The number of ether oxygens (including phenoxy) is 4. The zero-order chi connectivity index (χ0) is 35.7. The first-order valence-corrected chi connectivity index (χ1v) is 17.0. The molecule has 15 heteroatoms. The van der Waals surface area contributed by atoms with Crippen molar-refractivity contribution in [1.82, 2.24) is 26.2 Å². The smallest absolute Gasteiger partial charge is 0.482 e. The van der Waals surface area contributed by atoms with Crippen LogP contribution in [0.1, 0.15) is 70.3 Å². The lowest BCUT2D eigenvalue weighted by molar-refractivity contribution is -0.199. The Kier molecular flexibility index (Phi) is 10.9. The fourth-order valence-corrected chi connectivity index (χ4v) is 7.79. The van der Waals surface area contributed by atoms with Crippen LogP contribution in [0.15, 0.2) is 30.1 Å². The van der Waals surface area contributed by atoms with Crippen molar-refractivity contribution in [1.29, 1.82) is 0 Å². The topological polar surface area (TPSA) is 149 Å². The van der Waals surface area contributed by atoms with E-state index in [4.69, 9.17) is 28.3 Å². The fourth-order valence-electron chi connectivity index (χ4n) is 7.79. The molecule has 5 atom stereocenters. The van der Waals surface area contributed by atoms with Crippen molar-refractivity contribution in [3.63, 3.8) is 0 Å². The molecule has 1 aromatic carbocycles. The van der Waals surface area contributed by atoms with E-state index >= 15 is 0 Å². The average molecular weight is 686 g/mol. The minimum absolute atomic E-state index is 0.0356. The van der Waals surface area contributed by atoms with Crippen molar-refractivity contribution in [3.8, 4) is 5.75 Å². The molecule has 0 unspecified atom stereocenters. The molecule has 0 aromatic heterocycles. The summed E-state index contributed by atoms with van der Waals surface area (Å²) in [7, 11) is 4.67. The first-order valence-electron chi connectivity index (χ1n) is 17.0. The molecule has 270 valence electrons. The maximum absolute atomic E-state index is 13.5. The van der Waals surface area contributed by atoms with E-state index in [1.165, 1.54) is 7.11 Å². The maximum atomic E-state index is 13.5. The normalized spacial score (nSPS) is 25.9.